The Morgan fingerprint density at radius 2 is 1.88 bits per heavy atom. The standard InChI is InChI=1S/C19H21FN4O2/c20-16-3-1-15(2-4-16)5-7-22-19(26)18-13-17(6-8-21-18)24-11-9-23(14-25)10-12-24/h1-4,6,8,13-14H,5,7,9-12H2,(H,22,26). The Hall–Kier alpha value is -2.96. The Balaban J connectivity index is 1.54. The van der Waals surface area contributed by atoms with Crippen molar-refractivity contribution in [2.45, 2.75) is 6.42 Å². The highest BCUT2D eigenvalue weighted by molar-refractivity contribution is 5.93. The fourth-order valence-corrected chi connectivity index (χ4v) is 2.89. The van der Waals surface area contributed by atoms with Crippen molar-refractivity contribution < 1.29 is 14.0 Å². The summed E-state index contributed by atoms with van der Waals surface area (Å²) in [6, 6.07) is 9.87. The van der Waals surface area contributed by atoms with Gasteiger partial charge in [0, 0.05) is 44.6 Å². The molecule has 1 N–H and O–H groups in total. The molecule has 0 saturated carbocycles. The minimum Gasteiger partial charge on any atom is -0.368 e. The molecule has 0 spiro atoms. The van der Waals surface area contributed by atoms with E-state index in [1.165, 1.54) is 12.1 Å². The Labute approximate surface area is 151 Å². The molecule has 0 radical (unpaired) electrons. The van der Waals surface area contributed by atoms with E-state index in [0.29, 0.717) is 31.7 Å². The molecule has 2 amide bonds. The van der Waals surface area contributed by atoms with Crippen LogP contribution in [0.2, 0.25) is 0 Å². The van der Waals surface area contributed by atoms with Gasteiger partial charge in [-0.15, -0.1) is 0 Å². The second-order valence-corrected chi connectivity index (χ2v) is 6.16. The van der Waals surface area contributed by atoms with Gasteiger partial charge >= 0.3 is 0 Å². The summed E-state index contributed by atoms with van der Waals surface area (Å²) < 4.78 is 12.9. The van der Waals surface area contributed by atoms with Crippen LogP contribution < -0.4 is 10.2 Å². The quantitative estimate of drug-likeness (QED) is 0.796. The number of nitrogens with one attached hydrogen (secondary N) is 1. The molecule has 6 nitrogen and oxygen atoms in total. The Morgan fingerprint density at radius 3 is 2.58 bits per heavy atom. The lowest BCUT2D eigenvalue weighted by atomic mass is 10.1. The van der Waals surface area contributed by atoms with Gasteiger partial charge in [-0.3, -0.25) is 14.6 Å². The van der Waals surface area contributed by atoms with Gasteiger partial charge in [0.1, 0.15) is 11.5 Å². The van der Waals surface area contributed by atoms with Gasteiger partial charge in [-0.05, 0) is 36.2 Å². The van der Waals surface area contributed by atoms with Crippen LogP contribution in [0.3, 0.4) is 0 Å². The maximum absolute atomic E-state index is 12.9. The topological polar surface area (TPSA) is 65.5 Å². The fourth-order valence-electron chi connectivity index (χ4n) is 2.89. The summed E-state index contributed by atoms with van der Waals surface area (Å²) in [6.45, 7) is 3.26. The highest BCUT2D eigenvalue weighted by atomic mass is 19.1. The van der Waals surface area contributed by atoms with Crippen LogP contribution in [0.1, 0.15) is 16.1 Å². The predicted octanol–water partition coefficient (Wildman–Crippen LogP) is 1.47. The summed E-state index contributed by atoms with van der Waals surface area (Å²) in [6.07, 6.45) is 3.11. The molecular formula is C19H21FN4O2. The van der Waals surface area contributed by atoms with Crippen molar-refractivity contribution in [1.29, 1.82) is 0 Å². The molecule has 7 heteroatoms. The molecular weight excluding hydrogens is 335 g/mol. The molecule has 1 aromatic heterocycles. The van der Waals surface area contributed by atoms with E-state index < -0.39 is 0 Å². The SMILES string of the molecule is O=CN1CCN(c2ccnc(C(=O)NCCc3ccc(F)cc3)c2)CC1. The minimum atomic E-state index is -0.271. The minimum absolute atomic E-state index is 0.236. The Kier molecular flexibility index (Phi) is 5.78. The number of carbonyl (C=O) groups excluding carboxylic acids is 2. The molecule has 26 heavy (non-hydrogen) atoms. The van der Waals surface area contributed by atoms with Crippen molar-refractivity contribution in [3.05, 3.63) is 59.7 Å². The highest BCUT2D eigenvalue weighted by Crippen LogP contribution is 2.16. The second kappa shape index (κ2) is 8.42. The lowest BCUT2D eigenvalue weighted by molar-refractivity contribution is -0.118. The molecule has 136 valence electrons. The first-order valence-corrected chi connectivity index (χ1v) is 8.59. The number of anilines is 1. The monoisotopic (exact) mass is 356 g/mol. The number of pyridine rings is 1. The molecule has 2 aromatic rings. The van der Waals surface area contributed by atoms with E-state index in [-0.39, 0.29) is 11.7 Å². The number of nitrogens with zero attached hydrogens (tertiary/aromatic N) is 3. The molecule has 1 aliphatic heterocycles. The lowest BCUT2D eigenvalue weighted by Crippen LogP contribution is -2.45. The summed E-state index contributed by atoms with van der Waals surface area (Å²) in [5.74, 6) is -0.506. The van der Waals surface area contributed by atoms with Crippen molar-refractivity contribution in [1.82, 2.24) is 15.2 Å². The van der Waals surface area contributed by atoms with E-state index in [0.717, 1.165) is 30.8 Å². The third kappa shape index (κ3) is 4.56. The zero-order valence-corrected chi connectivity index (χ0v) is 14.4. The maximum Gasteiger partial charge on any atom is 0.269 e. The van der Waals surface area contributed by atoms with Crippen LogP contribution in [0.4, 0.5) is 10.1 Å². The molecule has 1 fully saturated rings. The van der Waals surface area contributed by atoms with Gasteiger partial charge in [0.05, 0.1) is 0 Å². The number of carbonyl (C=O) groups is 2. The first-order chi connectivity index (χ1) is 12.7. The number of aromatic nitrogens is 1. The van der Waals surface area contributed by atoms with Gasteiger partial charge in [0.25, 0.3) is 5.91 Å². The van der Waals surface area contributed by atoms with Crippen LogP contribution in [-0.2, 0) is 11.2 Å². The predicted molar refractivity (Wildman–Crippen MR) is 96.5 cm³/mol. The first-order valence-electron chi connectivity index (χ1n) is 8.59. The number of hydrogen-bond acceptors (Lipinski definition) is 4. The zero-order chi connectivity index (χ0) is 18.4. The molecule has 0 atom stereocenters. The normalized spacial score (nSPS) is 14.2. The largest absolute Gasteiger partial charge is 0.368 e. The van der Waals surface area contributed by atoms with E-state index in [4.69, 9.17) is 0 Å². The third-order valence-corrected chi connectivity index (χ3v) is 4.42. The second-order valence-electron chi connectivity index (χ2n) is 6.16. The third-order valence-electron chi connectivity index (χ3n) is 4.42. The number of amides is 2. The van der Waals surface area contributed by atoms with Gasteiger partial charge in [-0.2, -0.15) is 0 Å². The summed E-state index contributed by atoms with van der Waals surface area (Å²) in [5.41, 5.74) is 2.25. The summed E-state index contributed by atoms with van der Waals surface area (Å²) in [4.78, 5) is 31.1. The van der Waals surface area contributed by atoms with Crippen LogP contribution in [0.5, 0.6) is 0 Å². The van der Waals surface area contributed by atoms with Gasteiger partial charge in [0.2, 0.25) is 6.41 Å². The van der Waals surface area contributed by atoms with E-state index >= 15 is 0 Å². The van der Waals surface area contributed by atoms with Crippen molar-refractivity contribution in [3.63, 3.8) is 0 Å². The fraction of sp³-hybridized carbons (Fsp3) is 0.316. The molecule has 1 aliphatic rings. The van der Waals surface area contributed by atoms with Crippen LogP contribution in [0.25, 0.3) is 0 Å². The van der Waals surface area contributed by atoms with Gasteiger partial charge in [-0.1, -0.05) is 12.1 Å². The molecule has 3 rings (SSSR count). The number of halogens is 1. The van der Waals surface area contributed by atoms with Crippen LogP contribution in [0, 0.1) is 5.82 Å². The molecule has 2 heterocycles. The lowest BCUT2D eigenvalue weighted by Gasteiger charge is -2.34. The molecule has 0 aliphatic carbocycles. The van der Waals surface area contributed by atoms with Crippen molar-refractivity contribution in [2.24, 2.45) is 0 Å². The average molecular weight is 356 g/mol. The molecule has 1 saturated heterocycles. The number of hydrogen-bond donors (Lipinski definition) is 1. The molecule has 0 bridgehead atoms. The van der Waals surface area contributed by atoms with Crippen LogP contribution in [0.15, 0.2) is 42.6 Å². The summed E-state index contributed by atoms with van der Waals surface area (Å²) >= 11 is 0. The van der Waals surface area contributed by atoms with Gasteiger partial charge in [-0.25, -0.2) is 4.39 Å². The summed E-state index contributed by atoms with van der Waals surface area (Å²) in [7, 11) is 0. The number of rotatable bonds is 6. The maximum atomic E-state index is 12.9. The number of benzene rings is 1. The van der Waals surface area contributed by atoms with Crippen molar-refractivity contribution in [3.8, 4) is 0 Å². The van der Waals surface area contributed by atoms with Crippen molar-refractivity contribution in [2.75, 3.05) is 37.6 Å². The highest BCUT2D eigenvalue weighted by Gasteiger charge is 2.17. The van der Waals surface area contributed by atoms with Gasteiger partial charge < -0.3 is 15.1 Å². The first kappa shape index (κ1) is 17.8. The Bertz CT molecular complexity index is 758. The van der Waals surface area contributed by atoms with Crippen molar-refractivity contribution >= 4 is 18.0 Å². The van der Waals surface area contributed by atoms with E-state index in [2.05, 4.69) is 15.2 Å². The van der Waals surface area contributed by atoms with E-state index in [1.807, 2.05) is 6.07 Å². The average Bonchev–Trinajstić information content (AvgIpc) is 2.69. The Morgan fingerprint density at radius 1 is 1.15 bits per heavy atom. The summed E-state index contributed by atoms with van der Waals surface area (Å²) in [5, 5.41) is 2.84. The van der Waals surface area contributed by atoms with E-state index in [9.17, 15) is 14.0 Å². The molecule has 1 aromatic carbocycles. The van der Waals surface area contributed by atoms with Gasteiger partial charge in [0.15, 0.2) is 0 Å². The van der Waals surface area contributed by atoms with Crippen LogP contribution >= 0.6 is 0 Å². The zero-order valence-electron chi connectivity index (χ0n) is 14.4. The molecule has 0 unspecified atom stereocenters. The smallest absolute Gasteiger partial charge is 0.269 e. The van der Waals surface area contributed by atoms with Crippen LogP contribution in [-0.4, -0.2) is 54.9 Å². The number of piperazine rings is 1. The van der Waals surface area contributed by atoms with E-state index in [1.54, 1.807) is 29.3 Å².